The molecule has 0 unspecified atom stereocenters. The molecule has 2 rings (SSSR count). The Balaban J connectivity index is 1.98. The van der Waals surface area contributed by atoms with E-state index >= 15 is 0 Å². The van der Waals surface area contributed by atoms with Crippen LogP contribution in [0.15, 0.2) is 6.07 Å². The standard InChI is InChI=1S/C15H24N4O3/c1-5-22-15(21)18-8-6-17(7-9-18)14(20)13-10-12(4)19(16-13)11(2)3/h10-11H,5-9H2,1-4H3. The molecule has 1 aromatic heterocycles. The first kappa shape index (κ1) is 16.3. The molecule has 0 saturated carbocycles. The van der Waals surface area contributed by atoms with Gasteiger partial charge in [0.05, 0.1) is 6.61 Å². The van der Waals surface area contributed by atoms with E-state index in [1.54, 1.807) is 16.7 Å². The van der Waals surface area contributed by atoms with E-state index in [1.807, 2.05) is 31.5 Å². The van der Waals surface area contributed by atoms with E-state index in [0.717, 1.165) is 5.69 Å². The normalized spacial score (nSPS) is 15.3. The van der Waals surface area contributed by atoms with Gasteiger partial charge in [-0.1, -0.05) is 0 Å². The van der Waals surface area contributed by atoms with E-state index < -0.39 is 0 Å². The summed E-state index contributed by atoms with van der Waals surface area (Å²) in [5.74, 6) is -0.0778. The summed E-state index contributed by atoms with van der Waals surface area (Å²) in [6.07, 6.45) is -0.311. The molecule has 0 N–H and O–H groups in total. The van der Waals surface area contributed by atoms with Gasteiger partial charge in [-0.15, -0.1) is 0 Å². The Morgan fingerprint density at radius 3 is 2.32 bits per heavy atom. The molecule has 1 aromatic rings. The van der Waals surface area contributed by atoms with Crippen LogP contribution < -0.4 is 0 Å². The largest absolute Gasteiger partial charge is 0.450 e. The van der Waals surface area contributed by atoms with Gasteiger partial charge in [0, 0.05) is 37.9 Å². The molecule has 22 heavy (non-hydrogen) atoms. The SMILES string of the molecule is CCOC(=O)N1CCN(C(=O)c2cc(C)n(C(C)C)n2)CC1. The van der Waals surface area contributed by atoms with Crippen LogP contribution in [0.3, 0.4) is 0 Å². The lowest BCUT2D eigenvalue weighted by molar-refractivity contribution is 0.0565. The van der Waals surface area contributed by atoms with Gasteiger partial charge in [0.2, 0.25) is 0 Å². The number of carbonyl (C=O) groups is 2. The number of rotatable bonds is 3. The number of ether oxygens (including phenoxy) is 1. The molecule has 0 bridgehead atoms. The summed E-state index contributed by atoms with van der Waals surface area (Å²) in [5.41, 5.74) is 1.44. The van der Waals surface area contributed by atoms with E-state index in [-0.39, 0.29) is 18.0 Å². The van der Waals surface area contributed by atoms with Crippen molar-refractivity contribution in [1.82, 2.24) is 19.6 Å². The Morgan fingerprint density at radius 1 is 1.23 bits per heavy atom. The molecule has 7 nitrogen and oxygen atoms in total. The second-order valence-corrected chi connectivity index (χ2v) is 5.69. The zero-order chi connectivity index (χ0) is 16.3. The van der Waals surface area contributed by atoms with Crippen LogP contribution in [0.2, 0.25) is 0 Å². The van der Waals surface area contributed by atoms with Gasteiger partial charge in [-0.05, 0) is 33.8 Å². The zero-order valence-corrected chi connectivity index (χ0v) is 13.7. The monoisotopic (exact) mass is 308 g/mol. The highest BCUT2D eigenvalue weighted by Gasteiger charge is 2.27. The van der Waals surface area contributed by atoms with Gasteiger partial charge in [0.1, 0.15) is 0 Å². The average Bonchev–Trinajstić information content (AvgIpc) is 2.89. The van der Waals surface area contributed by atoms with Gasteiger partial charge in [0.25, 0.3) is 5.91 Å². The van der Waals surface area contributed by atoms with Gasteiger partial charge in [-0.2, -0.15) is 5.10 Å². The number of hydrogen-bond acceptors (Lipinski definition) is 4. The predicted molar refractivity (Wildman–Crippen MR) is 81.8 cm³/mol. The Labute approximate surface area is 130 Å². The third-order valence-electron chi connectivity index (χ3n) is 3.72. The molecule has 0 spiro atoms. The van der Waals surface area contributed by atoms with Crippen molar-refractivity contribution >= 4 is 12.0 Å². The van der Waals surface area contributed by atoms with Crippen molar-refractivity contribution in [2.45, 2.75) is 33.7 Å². The highest BCUT2D eigenvalue weighted by atomic mass is 16.6. The maximum atomic E-state index is 12.5. The van der Waals surface area contributed by atoms with Crippen molar-refractivity contribution in [2.24, 2.45) is 0 Å². The van der Waals surface area contributed by atoms with Crippen molar-refractivity contribution in [3.8, 4) is 0 Å². The van der Waals surface area contributed by atoms with Crippen molar-refractivity contribution in [3.05, 3.63) is 17.5 Å². The van der Waals surface area contributed by atoms with Crippen LogP contribution in [0.1, 0.15) is 43.0 Å². The number of nitrogens with zero attached hydrogens (tertiary/aromatic N) is 4. The summed E-state index contributed by atoms with van der Waals surface area (Å²) in [4.78, 5) is 27.5. The van der Waals surface area contributed by atoms with Crippen LogP contribution >= 0.6 is 0 Å². The Morgan fingerprint density at radius 2 is 1.82 bits per heavy atom. The summed E-state index contributed by atoms with van der Waals surface area (Å²) >= 11 is 0. The van der Waals surface area contributed by atoms with Gasteiger partial charge in [-0.3, -0.25) is 9.48 Å². The molecule has 0 aromatic carbocycles. The highest BCUT2D eigenvalue weighted by molar-refractivity contribution is 5.92. The van der Waals surface area contributed by atoms with E-state index in [9.17, 15) is 9.59 Å². The molecule has 1 aliphatic rings. The summed E-state index contributed by atoms with van der Waals surface area (Å²) in [5, 5.41) is 4.39. The van der Waals surface area contributed by atoms with Gasteiger partial charge < -0.3 is 14.5 Å². The number of carbonyl (C=O) groups excluding carboxylic acids is 2. The van der Waals surface area contributed by atoms with E-state index in [2.05, 4.69) is 5.10 Å². The van der Waals surface area contributed by atoms with Crippen molar-refractivity contribution in [3.63, 3.8) is 0 Å². The zero-order valence-electron chi connectivity index (χ0n) is 13.7. The third-order valence-corrected chi connectivity index (χ3v) is 3.72. The lowest BCUT2D eigenvalue weighted by Crippen LogP contribution is -2.50. The second kappa shape index (κ2) is 6.81. The fourth-order valence-electron chi connectivity index (χ4n) is 2.58. The number of aryl methyl sites for hydroxylation is 1. The van der Waals surface area contributed by atoms with Crippen LogP contribution in [0, 0.1) is 6.92 Å². The Bertz CT molecular complexity index is 545. The van der Waals surface area contributed by atoms with Gasteiger partial charge in [-0.25, -0.2) is 4.79 Å². The molecule has 0 radical (unpaired) electrons. The number of amides is 2. The summed E-state index contributed by atoms with van der Waals surface area (Å²) in [6.45, 7) is 10.2. The molecule has 2 amide bonds. The summed E-state index contributed by atoms with van der Waals surface area (Å²) in [6, 6.07) is 2.04. The smallest absolute Gasteiger partial charge is 0.409 e. The molecule has 1 fully saturated rings. The molecule has 7 heteroatoms. The second-order valence-electron chi connectivity index (χ2n) is 5.69. The summed E-state index contributed by atoms with van der Waals surface area (Å²) < 4.78 is 6.82. The van der Waals surface area contributed by atoms with Gasteiger partial charge >= 0.3 is 6.09 Å². The Kier molecular flexibility index (Phi) is 5.05. The minimum atomic E-state index is -0.311. The molecule has 0 atom stereocenters. The molecular formula is C15H24N4O3. The highest BCUT2D eigenvalue weighted by Crippen LogP contribution is 2.13. The van der Waals surface area contributed by atoms with Crippen molar-refractivity contribution in [2.75, 3.05) is 32.8 Å². The maximum Gasteiger partial charge on any atom is 0.409 e. The van der Waals surface area contributed by atoms with Crippen molar-refractivity contribution in [1.29, 1.82) is 0 Å². The first-order valence-corrected chi connectivity index (χ1v) is 7.71. The van der Waals surface area contributed by atoms with E-state index in [4.69, 9.17) is 4.74 Å². The predicted octanol–water partition coefficient (Wildman–Crippen LogP) is 1.69. The van der Waals surface area contributed by atoms with E-state index in [1.165, 1.54) is 0 Å². The maximum absolute atomic E-state index is 12.5. The molecule has 2 heterocycles. The van der Waals surface area contributed by atoms with Crippen molar-refractivity contribution < 1.29 is 14.3 Å². The van der Waals surface area contributed by atoms with Crippen LogP contribution in [0.25, 0.3) is 0 Å². The molecule has 122 valence electrons. The average molecular weight is 308 g/mol. The minimum Gasteiger partial charge on any atom is -0.450 e. The number of piperazine rings is 1. The van der Waals surface area contributed by atoms with Crippen LogP contribution in [-0.2, 0) is 4.74 Å². The fraction of sp³-hybridized carbons (Fsp3) is 0.667. The fourth-order valence-corrected chi connectivity index (χ4v) is 2.58. The van der Waals surface area contributed by atoms with Crippen LogP contribution in [0.5, 0.6) is 0 Å². The van der Waals surface area contributed by atoms with Gasteiger partial charge in [0.15, 0.2) is 5.69 Å². The first-order chi connectivity index (χ1) is 10.4. The first-order valence-electron chi connectivity index (χ1n) is 7.71. The third kappa shape index (κ3) is 3.40. The Hall–Kier alpha value is -2.05. The molecular weight excluding hydrogens is 284 g/mol. The molecule has 1 aliphatic heterocycles. The molecule has 0 aliphatic carbocycles. The topological polar surface area (TPSA) is 67.7 Å². The van der Waals surface area contributed by atoms with Crippen LogP contribution in [-0.4, -0.2) is 64.4 Å². The van der Waals surface area contributed by atoms with Crippen LogP contribution in [0.4, 0.5) is 4.79 Å². The lowest BCUT2D eigenvalue weighted by Gasteiger charge is -2.33. The summed E-state index contributed by atoms with van der Waals surface area (Å²) in [7, 11) is 0. The minimum absolute atomic E-state index is 0.0778. The molecule has 1 saturated heterocycles. The number of aromatic nitrogens is 2. The lowest BCUT2D eigenvalue weighted by atomic mass is 10.2. The van der Waals surface area contributed by atoms with E-state index in [0.29, 0.717) is 38.5 Å². The quantitative estimate of drug-likeness (QED) is 0.852. The number of hydrogen-bond donors (Lipinski definition) is 0.